The van der Waals surface area contributed by atoms with Crippen molar-refractivity contribution < 1.29 is 4.39 Å². The highest BCUT2D eigenvalue weighted by Crippen LogP contribution is 2.42. The maximum atomic E-state index is 13.4. The lowest BCUT2D eigenvalue weighted by Gasteiger charge is -2.08. The number of rotatable bonds is 5. The van der Waals surface area contributed by atoms with Crippen LogP contribution in [0.2, 0.25) is 0 Å². The van der Waals surface area contributed by atoms with Gasteiger partial charge in [-0.25, -0.2) is 9.37 Å². The highest BCUT2D eigenvalue weighted by atomic mass is 19.1. The number of unbranched alkanes of at least 4 members (excludes halogenated alkanes) is 1. The first-order valence-corrected chi connectivity index (χ1v) is 7.32. The van der Waals surface area contributed by atoms with Gasteiger partial charge in [-0.15, -0.1) is 0 Å². The van der Waals surface area contributed by atoms with Gasteiger partial charge in [-0.2, -0.15) is 0 Å². The van der Waals surface area contributed by atoms with E-state index < -0.39 is 0 Å². The molecule has 20 heavy (non-hydrogen) atoms. The molecule has 0 saturated heterocycles. The monoisotopic (exact) mass is 273 g/mol. The SMILES string of the molecule is CCCCn1c(C2CC2)nc(-c2cccc(F)c2)c1N. The van der Waals surface area contributed by atoms with Crippen LogP contribution in [0.4, 0.5) is 10.2 Å². The minimum absolute atomic E-state index is 0.252. The Kier molecular flexibility index (Phi) is 3.47. The van der Waals surface area contributed by atoms with Crippen LogP contribution in [0.3, 0.4) is 0 Å². The molecule has 0 spiro atoms. The molecule has 2 N–H and O–H groups in total. The van der Waals surface area contributed by atoms with E-state index in [2.05, 4.69) is 11.5 Å². The molecule has 0 bridgehead atoms. The molecular weight excluding hydrogens is 253 g/mol. The fourth-order valence-electron chi connectivity index (χ4n) is 2.54. The van der Waals surface area contributed by atoms with E-state index in [0.717, 1.165) is 36.5 Å². The van der Waals surface area contributed by atoms with Crippen molar-refractivity contribution in [2.24, 2.45) is 0 Å². The predicted molar refractivity (Wildman–Crippen MR) is 78.9 cm³/mol. The van der Waals surface area contributed by atoms with Gasteiger partial charge in [-0.1, -0.05) is 25.5 Å². The summed E-state index contributed by atoms with van der Waals surface area (Å²) in [4.78, 5) is 4.71. The summed E-state index contributed by atoms with van der Waals surface area (Å²) in [5.74, 6) is 2.04. The van der Waals surface area contributed by atoms with Gasteiger partial charge in [0.15, 0.2) is 0 Å². The fraction of sp³-hybridized carbons (Fsp3) is 0.438. The smallest absolute Gasteiger partial charge is 0.131 e. The largest absolute Gasteiger partial charge is 0.383 e. The quantitative estimate of drug-likeness (QED) is 0.896. The number of hydrogen-bond acceptors (Lipinski definition) is 2. The molecule has 0 amide bonds. The second-order valence-electron chi connectivity index (χ2n) is 5.49. The lowest BCUT2D eigenvalue weighted by Crippen LogP contribution is -2.06. The molecule has 106 valence electrons. The highest BCUT2D eigenvalue weighted by Gasteiger charge is 2.30. The Hall–Kier alpha value is -1.84. The standard InChI is InChI=1S/C16H20FN3/c1-2-3-9-20-15(18)14(19-16(20)11-7-8-11)12-5-4-6-13(17)10-12/h4-6,10-11H,2-3,7-9,18H2,1H3. The minimum Gasteiger partial charge on any atom is -0.383 e. The van der Waals surface area contributed by atoms with E-state index in [1.807, 2.05) is 6.07 Å². The maximum absolute atomic E-state index is 13.4. The molecule has 0 radical (unpaired) electrons. The molecule has 1 aromatic heterocycles. The van der Waals surface area contributed by atoms with Crippen molar-refractivity contribution in [1.82, 2.24) is 9.55 Å². The van der Waals surface area contributed by atoms with Crippen LogP contribution in [0.1, 0.15) is 44.3 Å². The Morgan fingerprint density at radius 2 is 2.20 bits per heavy atom. The Morgan fingerprint density at radius 3 is 2.85 bits per heavy atom. The molecule has 1 aliphatic carbocycles. The second-order valence-corrected chi connectivity index (χ2v) is 5.49. The zero-order valence-electron chi connectivity index (χ0n) is 11.8. The summed E-state index contributed by atoms with van der Waals surface area (Å²) in [6.45, 7) is 3.06. The van der Waals surface area contributed by atoms with Crippen molar-refractivity contribution in [2.75, 3.05) is 5.73 Å². The van der Waals surface area contributed by atoms with Crippen molar-refractivity contribution in [3.63, 3.8) is 0 Å². The van der Waals surface area contributed by atoms with Crippen LogP contribution in [0.5, 0.6) is 0 Å². The Bertz CT molecular complexity index is 614. The fourth-order valence-corrected chi connectivity index (χ4v) is 2.54. The topological polar surface area (TPSA) is 43.8 Å². The van der Waals surface area contributed by atoms with Gasteiger partial charge >= 0.3 is 0 Å². The van der Waals surface area contributed by atoms with E-state index in [1.165, 1.54) is 25.0 Å². The van der Waals surface area contributed by atoms with Gasteiger partial charge in [0.05, 0.1) is 0 Å². The van der Waals surface area contributed by atoms with Gasteiger partial charge in [0.2, 0.25) is 0 Å². The van der Waals surface area contributed by atoms with Crippen molar-refractivity contribution in [3.8, 4) is 11.3 Å². The summed E-state index contributed by atoms with van der Waals surface area (Å²) >= 11 is 0. The van der Waals surface area contributed by atoms with Crippen molar-refractivity contribution in [3.05, 3.63) is 35.9 Å². The molecule has 1 aromatic carbocycles. The number of hydrogen-bond donors (Lipinski definition) is 1. The second kappa shape index (κ2) is 5.27. The Labute approximate surface area is 118 Å². The molecule has 1 fully saturated rings. The van der Waals surface area contributed by atoms with E-state index in [1.54, 1.807) is 6.07 Å². The number of benzene rings is 1. The van der Waals surface area contributed by atoms with Gasteiger partial charge in [-0.3, -0.25) is 0 Å². The van der Waals surface area contributed by atoms with Crippen LogP contribution < -0.4 is 5.73 Å². The maximum Gasteiger partial charge on any atom is 0.131 e. The number of nitrogen functional groups attached to an aromatic ring is 1. The normalized spacial score (nSPS) is 14.7. The molecule has 2 aromatic rings. The van der Waals surface area contributed by atoms with E-state index in [4.69, 9.17) is 10.7 Å². The summed E-state index contributed by atoms with van der Waals surface area (Å²) in [6.07, 6.45) is 4.58. The van der Waals surface area contributed by atoms with Crippen LogP contribution >= 0.6 is 0 Å². The molecular formula is C16H20FN3. The number of halogens is 1. The first-order valence-electron chi connectivity index (χ1n) is 7.32. The highest BCUT2D eigenvalue weighted by molar-refractivity contribution is 5.71. The van der Waals surface area contributed by atoms with E-state index in [0.29, 0.717) is 11.7 Å². The van der Waals surface area contributed by atoms with Crippen molar-refractivity contribution >= 4 is 5.82 Å². The van der Waals surface area contributed by atoms with Gasteiger partial charge < -0.3 is 10.3 Å². The van der Waals surface area contributed by atoms with Gasteiger partial charge in [0.25, 0.3) is 0 Å². The number of anilines is 1. The number of nitrogens with two attached hydrogens (primary N) is 1. The van der Waals surface area contributed by atoms with Crippen LogP contribution in [-0.4, -0.2) is 9.55 Å². The molecule has 1 saturated carbocycles. The molecule has 4 heteroatoms. The molecule has 0 atom stereocenters. The Morgan fingerprint density at radius 1 is 1.40 bits per heavy atom. The van der Waals surface area contributed by atoms with E-state index >= 15 is 0 Å². The third-order valence-corrected chi connectivity index (χ3v) is 3.81. The van der Waals surface area contributed by atoms with Gasteiger partial charge in [-0.05, 0) is 31.4 Å². The molecule has 0 aliphatic heterocycles. The molecule has 1 heterocycles. The van der Waals surface area contributed by atoms with Crippen LogP contribution in [0, 0.1) is 5.82 Å². The lowest BCUT2D eigenvalue weighted by atomic mass is 10.1. The molecule has 1 aliphatic rings. The van der Waals surface area contributed by atoms with E-state index in [9.17, 15) is 4.39 Å². The first-order chi connectivity index (χ1) is 9.70. The predicted octanol–water partition coefficient (Wildman–Crippen LogP) is 3.95. The molecule has 0 unspecified atom stereocenters. The summed E-state index contributed by atoms with van der Waals surface area (Å²) in [6, 6.07) is 6.50. The van der Waals surface area contributed by atoms with Crippen molar-refractivity contribution in [1.29, 1.82) is 0 Å². The average molecular weight is 273 g/mol. The van der Waals surface area contributed by atoms with Crippen LogP contribution in [0.15, 0.2) is 24.3 Å². The van der Waals surface area contributed by atoms with Crippen LogP contribution in [-0.2, 0) is 6.54 Å². The third-order valence-electron chi connectivity index (χ3n) is 3.81. The zero-order valence-corrected chi connectivity index (χ0v) is 11.8. The minimum atomic E-state index is -0.252. The van der Waals surface area contributed by atoms with Gasteiger partial charge in [0.1, 0.15) is 23.2 Å². The summed E-state index contributed by atoms with van der Waals surface area (Å²) in [5, 5.41) is 0. The average Bonchev–Trinajstić information content (AvgIpc) is 3.22. The third kappa shape index (κ3) is 2.42. The number of nitrogens with zero attached hydrogens (tertiary/aromatic N) is 2. The molecule has 3 nitrogen and oxygen atoms in total. The van der Waals surface area contributed by atoms with E-state index in [-0.39, 0.29) is 5.82 Å². The lowest BCUT2D eigenvalue weighted by molar-refractivity contribution is 0.609. The van der Waals surface area contributed by atoms with Crippen molar-refractivity contribution in [2.45, 2.75) is 45.1 Å². The number of imidazole rings is 1. The molecule has 3 rings (SSSR count). The Balaban J connectivity index is 2.03. The summed E-state index contributed by atoms with van der Waals surface area (Å²) in [7, 11) is 0. The zero-order chi connectivity index (χ0) is 14.1. The van der Waals surface area contributed by atoms with Gasteiger partial charge in [0, 0.05) is 18.0 Å². The number of aromatic nitrogens is 2. The summed E-state index contributed by atoms with van der Waals surface area (Å²) in [5.41, 5.74) is 7.76. The van der Waals surface area contributed by atoms with Crippen LogP contribution in [0.25, 0.3) is 11.3 Å². The first kappa shape index (κ1) is 13.2. The summed E-state index contributed by atoms with van der Waals surface area (Å²) < 4.78 is 15.5.